The zero-order valence-corrected chi connectivity index (χ0v) is 10.5. The minimum atomic E-state index is -0.874. The van der Waals surface area contributed by atoms with E-state index in [1.54, 1.807) is 0 Å². The number of rotatable bonds is 9. The molecule has 100 valence electrons. The Labute approximate surface area is 102 Å². The zero-order chi connectivity index (χ0) is 13.1. The summed E-state index contributed by atoms with van der Waals surface area (Å²) >= 11 is 0. The molecule has 0 heterocycles. The minimum absolute atomic E-state index is 0.156. The van der Waals surface area contributed by atoms with E-state index < -0.39 is 11.9 Å². The molecule has 17 heavy (non-hydrogen) atoms. The quantitative estimate of drug-likeness (QED) is 0.526. The number of aliphatic carboxylic acids is 1. The lowest BCUT2D eigenvalue weighted by Gasteiger charge is -2.12. The molecule has 0 fully saturated rings. The highest BCUT2D eigenvalue weighted by Crippen LogP contribution is 2.04. The molecule has 1 atom stereocenters. The SMILES string of the molecule is CCCC(CNC(=O)NCCOCC)C(=O)O. The normalized spacial score (nSPS) is 11.9. The summed E-state index contributed by atoms with van der Waals surface area (Å²) in [7, 11) is 0. The highest BCUT2D eigenvalue weighted by molar-refractivity contribution is 5.75. The van der Waals surface area contributed by atoms with Gasteiger partial charge in [-0.25, -0.2) is 4.79 Å². The minimum Gasteiger partial charge on any atom is -0.481 e. The van der Waals surface area contributed by atoms with Crippen LogP contribution >= 0.6 is 0 Å². The fourth-order valence-electron chi connectivity index (χ4n) is 1.32. The number of carboxylic acid groups (broad SMARTS) is 1. The molecule has 0 aliphatic rings. The van der Waals surface area contributed by atoms with Crippen molar-refractivity contribution in [1.82, 2.24) is 10.6 Å². The number of hydrogen-bond acceptors (Lipinski definition) is 3. The molecule has 0 saturated heterocycles. The molecule has 0 aliphatic carbocycles. The van der Waals surface area contributed by atoms with Crippen LogP contribution in [0.2, 0.25) is 0 Å². The number of carbonyl (C=O) groups excluding carboxylic acids is 1. The highest BCUT2D eigenvalue weighted by atomic mass is 16.5. The Morgan fingerprint density at radius 1 is 1.29 bits per heavy atom. The van der Waals surface area contributed by atoms with Gasteiger partial charge in [0.05, 0.1) is 12.5 Å². The average molecular weight is 246 g/mol. The van der Waals surface area contributed by atoms with E-state index in [-0.39, 0.29) is 12.6 Å². The van der Waals surface area contributed by atoms with Crippen LogP contribution in [0.1, 0.15) is 26.7 Å². The molecule has 6 heteroatoms. The fourth-order valence-corrected chi connectivity index (χ4v) is 1.32. The van der Waals surface area contributed by atoms with E-state index in [0.717, 1.165) is 6.42 Å². The summed E-state index contributed by atoms with van der Waals surface area (Å²) in [5.41, 5.74) is 0. The second kappa shape index (κ2) is 9.89. The largest absolute Gasteiger partial charge is 0.481 e. The number of nitrogens with one attached hydrogen (secondary N) is 2. The lowest BCUT2D eigenvalue weighted by Crippen LogP contribution is -2.41. The Bertz CT molecular complexity index is 234. The maximum atomic E-state index is 11.3. The molecule has 0 aliphatic heterocycles. The van der Waals surface area contributed by atoms with Gasteiger partial charge in [0.15, 0.2) is 0 Å². The number of hydrogen-bond donors (Lipinski definition) is 3. The van der Waals surface area contributed by atoms with Crippen LogP contribution in [0.5, 0.6) is 0 Å². The van der Waals surface area contributed by atoms with Gasteiger partial charge in [0.1, 0.15) is 0 Å². The predicted octanol–water partition coefficient (Wildman–Crippen LogP) is 0.823. The first kappa shape index (κ1) is 15.7. The molecule has 0 aromatic rings. The van der Waals surface area contributed by atoms with Crippen LogP contribution in [0.15, 0.2) is 0 Å². The van der Waals surface area contributed by atoms with Crippen molar-refractivity contribution in [3.8, 4) is 0 Å². The molecule has 1 unspecified atom stereocenters. The van der Waals surface area contributed by atoms with Crippen LogP contribution in [-0.2, 0) is 9.53 Å². The van der Waals surface area contributed by atoms with Crippen molar-refractivity contribution in [3.05, 3.63) is 0 Å². The summed E-state index contributed by atoms with van der Waals surface area (Å²) in [6.07, 6.45) is 1.35. The van der Waals surface area contributed by atoms with Crippen LogP contribution in [0.4, 0.5) is 4.79 Å². The molecule has 0 bridgehead atoms. The van der Waals surface area contributed by atoms with Gasteiger partial charge in [-0.05, 0) is 13.3 Å². The lowest BCUT2D eigenvalue weighted by atomic mass is 10.0. The first-order chi connectivity index (χ1) is 8.11. The Morgan fingerprint density at radius 3 is 2.53 bits per heavy atom. The Hall–Kier alpha value is -1.30. The fraction of sp³-hybridized carbons (Fsp3) is 0.818. The molecular formula is C11H22N2O4. The summed E-state index contributed by atoms with van der Waals surface area (Å²) in [4.78, 5) is 22.1. The number of ether oxygens (including phenoxy) is 1. The summed E-state index contributed by atoms with van der Waals surface area (Å²) in [5, 5.41) is 14.0. The Kier molecular flexibility index (Phi) is 9.14. The topological polar surface area (TPSA) is 87.7 Å². The van der Waals surface area contributed by atoms with E-state index in [4.69, 9.17) is 9.84 Å². The maximum absolute atomic E-state index is 11.3. The molecule has 6 nitrogen and oxygen atoms in total. The average Bonchev–Trinajstić information content (AvgIpc) is 2.29. The molecular weight excluding hydrogens is 224 g/mol. The van der Waals surface area contributed by atoms with Crippen LogP contribution in [-0.4, -0.2) is 43.4 Å². The van der Waals surface area contributed by atoms with Gasteiger partial charge in [0.2, 0.25) is 0 Å². The van der Waals surface area contributed by atoms with Gasteiger partial charge in [-0.15, -0.1) is 0 Å². The van der Waals surface area contributed by atoms with Crippen LogP contribution in [0, 0.1) is 5.92 Å². The van der Waals surface area contributed by atoms with Gasteiger partial charge in [-0.1, -0.05) is 13.3 Å². The number of carboxylic acids is 1. The zero-order valence-electron chi connectivity index (χ0n) is 10.5. The van der Waals surface area contributed by atoms with E-state index in [0.29, 0.717) is 26.2 Å². The molecule has 0 rings (SSSR count). The second-order valence-corrected chi connectivity index (χ2v) is 3.66. The number of urea groups is 1. The van der Waals surface area contributed by atoms with Crippen molar-refractivity contribution < 1.29 is 19.4 Å². The molecule has 3 N–H and O–H groups in total. The standard InChI is InChI=1S/C11H22N2O4/c1-3-5-9(10(14)15)8-13-11(16)12-6-7-17-4-2/h9H,3-8H2,1-2H3,(H,14,15)(H2,12,13,16). The molecule has 2 amide bonds. The van der Waals surface area contributed by atoms with E-state index >= 15 is 0 Å². The summed E-state index contributed by atoms with van der Waals surface area (Å²) in [6.45, 7) is 5.44. The molecule has 0 spiro atoms. The van der Waals surface area contributed by atoms with Crippen molar-refractivity contribution in [2.45, 2.75) is 26.7 Å². The van der Waals surface area contributed by atoms with Crippen molar-refractivity contribution in [3.63, 3.8) is 0 Å². The smallest absolute Gasteiger partial charge is 0.314 e. The van der Waals surface area contributed by atoms with Crippen molar-refractivity contribution >= 4 is 12.0 Å². The van der Waals surface area contributed by atoms with Crippen LogP contribution in [0.3, 0.4) is 0 Å². The summed E-state index contributed by atoms with van der Waals surface area (Å²) < 4.78 is 5.05. The van der Waals surface area contributed by atoms with Gasteiger partial charge >= 0.3 is 12.0 Å². The van der Waals surface area contributed by atoms with E-state index in [9.17, 15) is 9.59 Å². The maximum Gasteiger partial charge on any atom is 0.314 e. The molecule has 0 aromatic heterocycles. The van der Waals surface area contributed by atoms with Gasteiger partial charge in [-0.3, -0.25) is 4.79 Å². The summed E-state index contributed by atoms with van der Waals surface area (Å²) in [5.74, 6) is -1.39. The third-order valence-corrected chi connectivity index (χ3v) is 2.23. The third-order valence-electron chi connectivity index (χ3n) is 2.23. The molecule has 0 radical (unpaired) electrons. The summed E-state index contributed by atoms with van der Waals surface area (Å²) in [6, 6.07) is -0.355. The van der Waals surface area contributed by atoms with Gasteiger partial charge in [0.25, 0.3) is 0 Å². The van der Waals surface area contributed by atoms with Crippen molar-refractivity contribution in [2.24, 2.45) is 5.92 Å². The van der Waals surface area contributed by atoms with Crippen LogP contribution in [0.25, 0.3) is 0 Å². The second-order valence-electron chi connectivity index (χ2n) is 3.66. The predicted molar refractivity (Wildman–Crippen MR) is 63.9 cm³/mol. The van der Waals surface area contributed by atoms with E-state index in [1.807, 2.05) is 13.8 Å². The number of amides is 2. The van der Waals surface area contributed by atoms with Crippen molar-refractivity contribution in [2.75, 3.05) is 26.3 Å². The van der Waals surface area contributed by atoms with Gasteiger partial charge in [0, 0.05) is 19.7 Å². The molecule has 0 saturated carbocycles. The van der Waals surface area contributed by atoms with E-state index in [1.165, 1.54) is 0 Å². The third kappa shape index (κ3) is 8.50. The Balaban J connectivity index is 3.69. The van der Waals surface area contributed by atoms with Crippen molar-refractivity contribution in [1.29, 1.82) is 0 Å². The van der Waals surface area contributed by atoms with Crippen LogP contribution < -0.4 is 10.6 Å². The first-order valence-electron chi connectivity index (χ1n) is 5.94. The molecule has 0 aromatic carbocycles. The first-order valence-corrected chi connectivity index (χ1v) is 5.94. The Morgan fingerprint density at radius 2 is 2.00 bits per heavy atom. The van der Waals surface area contributed by atoms with E-state index in [2.05, 4.69) is 10.6 Å². The number of carbonyl (C=O) groups is 2. The monoisotopic (exact) mass is 246 g/mol. The highest BCUT2D eigenvalue weighted by Gasteiger charge is 2.16. The van der Waals surface area contributed by atoms with Gasteiger partial charge in [-0.2, -0.15) is 0 Å². The van der Waals surface area contributed by atoms with Gasteiger partial charge < -0.3 is 20.5 Å². The lowest BCUT2D eigenvalue weighted by molar-refractivity contribution is -0.141.